The number of para-hydroxylation sites is 1. The summed E-state index contributed by atoms with van der Waals surface area (Å²) in [5, 5.41) is 13.2. The molecule has 11 heteroatoms. The highest BCUT2D eigenvalue weighted by Crippen LogP contribution is 2.31. The van der Waals surface area contributed by atoms with E-state index in [4.69, 9.17) is 16.3 Å². The van der Waals surface area contributed by atoms with Gasteiger partial charge in [-0.1, -0.05) is 39.7 Å². The van der Waals surface area contributed by atoms with Gasteiger partial charge in [-0.3, -0.25) is 25.0 Å². The molecular weight excluding hydrogens is 542 g/mol. The molecule has 35 heavy (non-hydrogen) atoms. The first-order chi connectivity index (χ1) is 16.7. The number of carbonyl (C=O) groups excluding carboxylic acids is 3. The van der Waals surface area contributed by atoms with Crippen LogP contribution in [-0.2, 0) is 16.2 Å². The number of hydrogen-bond donors (Lipinski definition) is 1. The number of imide groups is 2. The monoisotopic (exact) mass is 555 g/mol. The molecule has 0 saturated carbocycles. The Morgan fingerprint density at radius 3 is 2.46 bits per heavy atom. The zero-order chi connectivity index (χ0) is 25.1. The molecule has 4 amide bonds. The molecule has 3 aromatic rings. The number of rotatable bonds is 6. The summed E-state index contributed by atoms with van der Waals surface area (Å²) in [6.45, 7) is 0.0835. The predicted molar refractivity (Wildman–Crippen MR) is 132 cm³/mol. The zero-order valence-electron chi connectivity index (χ0n) is 17.7. The van der Waals surface area contributed by atoms with Crippen molar-refractivity contribution in [3.63, 3.8) is 0 Å². The lowest BCUT2D eigenvalue weighted by atomic mass is 10.1. The summed E-state index contributed by atoms with van der Waals surface area (Å²) in [4.78, 5) is 49.3. The first-order valence-electron chi connectivity index (χ1n) is 10.1. The SMILES string of the molecule is O=C1NC(=O)N(c2ccccc2Cl)C(=O)/C1=C/c1cc(Br)ccc1OCc1ccc([N+](=O)[O-])cc1. The van der Waals surface area contributed by atoms with Gasteiger partial charge in [0.05, 0.1) is 15.6 Å². The fourth-order valence-electron chi connectivity index (χ4n) is 3.30. The minimum absolute atomic E-state index is 0.0396. The van der Waals surface area contributed by atoms with Gasteiger partial charge in [0.2, 0.25) is 0 Å². The van der Waals surface area contributed by atoms with Crippen molar-refractivity contribution in [1.82, 2.24) is 5.32 Å². The summed E-state index contributed by atoms with van der Waals surface area (Å²) in [6, 6.07) is 16.3. The fraction of sp³-hybridized carbons (Fsp3) is 0.0417. The van der Waals surface area contributed by atoms with Crippen molar-refractivity contribution in [3.05, 3.63) is 103 Å². The second kappa shape index (κ2) is 10.1. The van der Waals surface area contributed by atoms with E-state index >= 15 is 0 Å². The van der Waals surface area contributed by atoms with E-state index in [1.807, 2.05) is 0 Å². The molecule has 0 bridgehead atoms. The molecule has 3 aromatic carbocycles. The van der Waals surface area contributed by atoms with Gasteiger partial charge >= 0.3 is 6.03 Å². The normalized spacial score (nSPS) is 14.7. The number of benzene rings is 3. The van der Waals surface area contributed by atoms with Crippen molar-refractivity contribution in [3.8, 4) is 5.75 Å². The molecule has 1 aliphatic rings. The van der Waals surface area contributed by atoms with Gasteiger partial charge in [-0.05, 0) is 54.1 Å². The van der Waals surface area contributed by atoms with Crippen LogP contribution >= 0.6 is 27.5 Å². The summed E-state index contributed by atoms with van der Waals surface area (Å²) in [7, 11) is 0. The first-order valence-corrected chi connectivity index (χ1v) is 11.2. The number of anilines is 1. The van der Waals surface area contributed by atoms with Gasteiger partial charge in [0.25, 0.3) is 17.5 Å². The Labute approximate surface area is 212 Å². The van der Waals surface area contributed by atoms with Crippen molar-refractivity contribution < 1.29 is 24.0 Å². The molecule has 0 atom stereocenters. The van der Waals surface area contributed by atoms with Gasteiger partial charge in [-0.25, -0.2) is 9.69 Å². The highest BCUT2D eigenvalue weighted by molar-refractivity contribution is 9.10. The number of barbiturate groups is 1. The molecule has 1 N–H and O–H groups in total. The number of amides is 4. The van der Waals surface area contributed by atoms with Crippen LogP contribution in [-0.4, -0.2) is 22.8 Å². The minimum atomic E-state index is -0.908. The Balaban J connectivity index is 1.65. The highest BCUT2D eigenvalue weighted by Gasteiger charge is 2.37. The second-order valence-corrected chi connectivity index (χ2v) is 8.63. The molecule has 9 nitrogen and oxygen atoms in total. The third-order valence-corrected chi connectivity index (χ3v) is 5.82. The Morgan fingerprint density at radius 2 is 1.77 bits per heavy atom. The van der Waals surface area contributed by atoms with E-state index in [-0.39, 0.29) is 28.6 Å². The number of nitro groups is 1. The van der Waals surface area contributed by atoms with Crippen LogP contribution in [0.4, 0.5) is 16.2 Å². The van der Waals surface area contributed by atoms with Crippen molar-refractivity contribution >= 4 is 62.8 Å². The Bertz CT molecular complexity index is 1390. The number of ether oxygens (including phenoxy) is 1. The number of carbonyl (C=O) groups is 3. The maximum atomic E-state index is 13.2. The van der Waals surface area contributed by atoms with E-state index in [0.717, 1.165) is 4.90 Å². The minimum Gasteiger partial charge on any atom is -0.488 e. The Morgan fingerprint density at radius 1 is 1.06 bits per heavy atom. The maximum absolute atomic E-state index is 13.2. The van der Waals surface area contributed by atoms with E-state index in [9.17, 15) is 24.5 Å². The summed E-state index contributed by atoms with van der Waals surface area (Å²) in [5.41, 5.74) is 0.886. The lowest BCUT2D eigenvalue weighted by Gasteiger charge is -2.27. The number of nitro benzene ring substituents is 1. The number of halogens is 2. The number of hydrogen-bond acceptors (Lipinski definition) is 6. The number of urea groups is 1. The van der Waals surface area contributed by atoms with Crippen LogP contribution in [0.5, 0.6) is 5.75 Å². The maximum Gasteiger partial charge on any atom is 0.335 e. The van der Waals surface area contributed by atoms with Crippen LogP contribution in [0.1, 0.15) is 11.1 Å². The van der Waals surface area contributed by atoms with Gasteiger partial charge in [-0.2, -0.15) is 0 Å². The number of non-ortho nitro benzene ring substituents is 1. The lowest BCUT2D eigenvalue weighted by molar-refractivity contribution is -0.384. The lowest BCUT2D eigenvalue weighted by Crippen LogP contribution is -2.54. The standard InChI is InChI=1S/C24H15BrClN3O6/c25-16-7-10-21(35-13-14-5-8-17(9-6-14)29(33)34)15(11-16)12-18-22(30)27-24(32)28(23(18)31)20-4-2-1-3-19(20)26/h1-12H,13H2,(H,27,30,32)/b18-12+. The number of nitrogens with zero attached hydrogens (tertiary/aromatic N) is 2. The molecule has 1 fully saturated rings. The smallest absolute Gasteiger partial charge is 0.335 e. The van der Waals surface area contributed by atoms with Gasteiger partial charge < -0.3 is 4.74 Å². The molecular formula is C24H15BrClN3O6. The fourth-order valence-corrected chi connectivity index (χ4v) is 3.90. The second-order valence-electron chi connectivity index (χ2n) is 7.30. The van der Waals surface area contributed by atoms with Crippen LogP contribution < -0.4 is 15.0 Å². The van der Waals surface area contributed by atoms with E-state index in [1.165, 1.54) is 30.3 Å². The molecule has 4 rings (SSSR count). The molecule has 1 saturated heterocycles. The third kappa shape index (κ3) is 5.23. The number of nitrogens with one attached hydrogen (secondary N) is 1. The third-order valence-electron chi connectivity index (χ3n) is 5.01. The van der Waals surface area contributed by atoms with Crippen LogP contribution in [0.15, 0.2) is 76.8 Å². The van der Waals surface area contributed by atoms with E-state index in [2.05, 4.69) is 21.2 Å². The van der Waals surface area contributed by atoms with E-state index in [1.54, 1.807) is 42.5 Å². The van der Waals surface area contributed by atoms with Crippen molar-refractivity contribution in [1.29, 1.82) is 0 Å². The molecule has 0 unspecified atom stereocenters. The van der Waals surface area contributed by atoms with Gasteiger partial charge in [0.1, 0.15) is 17.9 Å². The molecule has 1 aliphatic heterocycles. The van der Waals surface area contributed by atoms with Crippen molar-refractivity contribution in [2.24, 2.45) is 0 Å². The molecule has 0 aliphatic carbocycles. The molecule has 0 aromatic heterocycles. The van der Waals surface area contributed by atoms with Crippen molar-refractivity contribution in [2.45, 2.75) is 6.61 Å². The Kier molecular flexibility index (Phi) is 6.94. The molecule has 0 radical (unpaired) electrons. The average Bonchev–Trinajstić information content (AvgIpc) is 2.82. The van der Waals surface area contributed by atoms with Gasteiger partial charge in [0, 0.05) is 22.2 Å². The summed E-state index contributed by atoms with van der Waals surface area (Å²) in [6.07, 6.45) is 1.32. The zero-order valence-corrected chi connectivity index (χ0v) is 20.1. The van der Waals surface area contributed by atoms with E-state index in [0.29, 0.717) is 21.3 Å². The Hall–Kier alpha value is -4.02. The average molecular weight is 557 g/mol. The van der Waals surface area contributed by atoms with Crippen molar-refractivity contribution in [2.75, 3.05) is 4.90 Å². The first kappa shape index (κ1) is 24.1. The molecule has 1 heterocycles. The van der Waals surface area contributed by atoms with Crippen LogP contribution in [0, 0.1) is 10.1 Å². The van der Waals surface area contributed by atoms with Gasteiger partial charge in [0.15, 0.2) is 0 Å². The molecule has 176 valence electrons. The van der Waals surface area contributed by atoms with E-state index < -0.39 is 22.8 Å². The predicted octanol–water partition coefficient (Wildman–Crippen LogP) is 5.26. The highest BCUT2D eigenvalue weighted by atomic mass is 79.9. The van der Waals surface area contributed by atoms with Crippen LogP contribution in [0.3, 0.4) is 0 Å². The quantitative estimate of drug-likeness (QED) is 0.192. The largest absolute Gasteiger partial charge is 0.488 e. The topological polar surface area (TPSA) is 119 Å². The summed E-state index contributed by atoms with van der Waals surface area (Å²) >= 11 is 9.52. The molecule has 0 spiro atoms. The van der Waals surface area contributed by atoms with Crippen LogP contribution in [0.2, 0.25) is 5.02 Å². The van der Waals surface area contributed by atoms with Gasteiger partial charge in [-0.15, -0.1) is 0 Å². The van der Waals surface area contributed by atoms with Crippen LogP contribution in [0.25, 0.3) is 6.08 Å². The summed E-state index contributed by atoms with van der Waals surface area (Å²) < 4.78 is 6.52. The summed E-state index contributed by atoms with van der Waals surface area (Å²) in [5.74, 6) is -1.35.